The van der Waals surface area contributed by atoms with E-state index in [-0.39, 0.29) is 83.5 Å². The first-order chi connectivity index (χ1) is 25.4. The number of aromatic hydroxyl groups is 1. The Morgan fingerprint density at radius 2 is 1.79 bits per heavy atom. The molecule has 2 aromatic heterocycles. The molecule has 1 unspecified atom stereocenters. The topological polar surface area (TPSA) is 95.9 Å². The number of pyridine rings is 1. The van der Waals surface area contributed by atoms with E-state index in [1.807, 2.05) is 18.7 Å². The highest BCUT2D eigenvalue weighted by Gasteiger charge is 2.57. The van der Waals surface area contributed by atoms with Gasteiger partial charge in [-0.1, -0.05) is 25.8 Å². The quantitative estimate of drug-likeness (QED) is 0.158. The van der Waals surface area contributed by atoms with Crippen molar-refractivity contribution in [2.45, 2.75) is 70.2 Å². The van der Waals surface area contributed by atoms with Crippen LogP contribution in [0.5, 0.6) is 11.8 Å². The number of hydrogen-bond acceptors (Lipinski definition) is 9. The minimum Gasteiger partial charge on any atom is -0.508 e. The van der Waals surface area contributed by atoms with E-state index in [1.54, 1.807) is 0 Å². The number of benzene rings is 2. The van der Waals surface area contributed by atoms with Crippen LogP contribution in [-0.2, 0) is 11.2 Å². The summed E-state index contributed by atoms with van der Waals surface area (Å²) < 4.78 is 84.5. The molecule has 53 heavy (non-hydrogen) atoms. The average Bonchev–Trinajstić information content (AvgIpc) is 3.95. The highest BCUT2D eigenvalue weighted by molar-refractivity contribution is 6.03. The van der Waals surface area contributed by atoms with Gasteiger partial charge in [0.2, 0.25) is 0 Å². The molecule has 3 fully saturated rings. The number of rotatable bonds is 7. The standard InChI is InChI=1S/C37H37F5N6O3.C2H6/c1-3-24-26(38)6-4-21-16-23(49)17-25(28(21)24)31-30(39)32-29-27(44-31)7-5-22-18-43-12-15-48(22)33(29)46-34(45-32)51-20-35(8-9-35)19-47-13-10-36(50-2,11-14-47)37(40,41)42;1-2/h1,4,6,16-17,22,43,49H,5,7-15,18-20H2,2H3;1-2H3. The van der Waals surface area contributed by atoms with Crippen LogP contribution in [0.3, 0.4) is 0 Å². The van der Waals surface area contributed by atoms with Gasteiger partial charge in [-0.2, -0.15) is 23.1 Å². The number of nitrogens with one attached hydrogen (secondary N) is 1. The maximum absolute atomic E-state index is 17.0. The Balaban J connectivity index is 0.00000214. The number of aromatic nitrogens is 3. The molecule has 0 amide bonds. The van der Waals surface area contributed by atoms with E-state index in [9.17, 15) is 22.7 Å². The Morgan fingerprint density at radius 3 is 2.47 bits per heavy atom. The highest BCUT2D eigenvalue weighted by Crippen LogP contribution is 2.49. The molecule has 1 atom stereocenters. The summed E-state index contributed by atoms with van der Waals surface area (Å²) >= 11 is 0. The van der Waals surface area contributed by atoms with Crippen LogP contribution >= 0.6 is 0 Å². The van der Waals surface area contributed by atoms with Crippen molar-refractivity contribution >= 4 is 27.5 Å². The number of fused-ring (bicyclic) bond motifs is 3. The minimum absolute atomic E-state index is 0.00623. The number of halogens is 5. The molecule has 0 spiro atoms. The first-order valence-electron chi connectivity index (χ1n) is 18.2. The number of phenolic OH excluding ortho intramolecular Hbond substituents is 1. The number of methoxy groups -OCH3 is 1. The molecule has 0 bridgehead atoms. The number of terminal acetylenes is 1. The molecule has 2 saturated heterocycles. The molecule has 3 aliphatic heterocycles. The van der Waals surface area contributed by atoms with Crippen molar-refractivity contribution in [2.75, 3.05) is 57.9 Å². The first kappa shape index (κ1) is 37.0. The van der Waals surface area contributed by atoms with Crippen LogP contribution in [0.4, 0.5) is 27.8 Å². The van der Waals surface area contributed by atoms with Crippen molar-refractivity contribution in [1.82, 2.24) is 25.2 Å². The van der Waals surface area contributed by atoms with Gasteiger partial charge in [0.15, 0.2) is 11.4 Å². The van der Waals surface area contributed by atoms with Crippen LogP contribution in [0, 0.1) is 29.4 Å². The van der Waals surface area contributed by atoms with Crippen LogP contribution in [0.2, 0.25) is 0 Å². The Kier molecular flexibility index (Phi) is 9.88. The number of hydrogen-bond donors (Lipinski definition) is 2. The Morgan fingerprint density at radius 1 is 1.04 bits per heavy atom. The monoisotopic (exact) mass is 738 g/mol. The SMILES string of the molecule is C#Cc1c(F)ccc2cc(O)cc(-c3nc4c5c(nc(OCC6(CN7CCC(OC)(C(F)(F)F)CC7)CC6)nc5c3F)N3CCNCC3CC4)c12.CC. The third-order valence-corrected chi connectivity index (χ3v) is 11.2. The van der Waals surface area contributed by atoms with E-state index >= 15 is 4.39 Å². The molecular formula is C39H43F5N6O3. The summed E-state index contributed by atoms with van der Waals surface area (Å²) in [6.07, 6.45) is 3.84. The summed E-state index contributed by atoms with van der Waals surface area (Å²) in [5.41, 5.74) is -1.91. The molecule has 8 rings (SSSR count). The maximum atomic E-state index is 17.0. The van der Waals surface area contributed by atoms with Crippen LogP contribution < -0.4 is 15.0 Å². The molecule has 1 saturated carbocycles. The van der Waals surface area contributed by atoms with Crippen LogP contribution in [0.25, 0.3) is 32.9 Å². The second-order valence-electron chi connectivity index (χ2n) is 14.3. The van der Waals surface area contributed by atoms with Crippen molar-refractivity contribution < 1.29 is 36.5 Å². The second-order valence-corrected chi connectivity index (χ2v) is 14.3. The third kappa shape index (κ3) is 6.61. The van der Waals surface area contributed by atoms with Crippen molar-refractivity contribution in [2.24, 2.45) is 5.41 Å². The molecule has 1 aliphatic carbocycles. The lowest BCUT2D eigenvalue weighted by Gasteiger charge is -2.42. The van der Waals surface area contributed by atoms with Crippen molar-refractivity contribution in [3.05, 3.63) is 47.2 Å². The van der Waals surface area contributed by atoms with Crippen LogP contribution in [0.1, 0.15) is 57.2 Å². The summed E-state index contributed by atoms with van der Waals surface area (Å²) in [5, 5.41) is 15.2. The Labute approximate surface area is 304 Å². The lowest BCUT2D eigenvalue weighted by molar-refractivity contribution is -0.282. The number of piperazine rings is 1. The molecule has 5 heterocycles. The maximum Gasteiger partial charge on any atom is 0.417 e. The first-order valence-corrected chi connectivity index (χ1v) is 18.2. The number of likely N-dealkylation sites (tertiary alicyclic amines) is 1. The second kappa shape index (κ2) is 14.2. The summed E-state index contributed by atoms with van der Waals surface area (Å²) in [6, 6.07) is 5.49. The van der Waals surface area contributed by atoms with Gasteiger partial charge in [-0.3, -0.25) is 0 Å². The van der Waals surface area contributed by atoms with Gasteiger partial charge in [-0.15, -0.1) is 6.42 Å². The molecule has 2 N–H and O–H groups in total. The Bertz CT molecular complexity index is 2070. The predicted molar refractivity (Wildman–Crippen MR) is 192 cm³/mol. The zero-order chi connectivity index (χ0) is 37.7. The third-order valence-electron chi connectivity index (χ3n) is 11.2. The molecule has 14 heteroatoms. The summed E-state index contributed by atoms with van der Waals surface area (Å²) in [7, 11) is 1.12. The van der Waals surface area contributed by atoms with Gasteiger partial charge in [0.05, 0.1) is 23.3 Å². The van der Waals surface area contributed by atoms with E-state index in [2.05, 4.69) is 21.1 Å². The molecular weight excluding hydrogens is 695 g/mol. The van der Waals surface area contributed by atoms with Crippen molar-refractivity contribution in [3.8, 4) is 35.4 Å². The fourth-order valence-corrected chi connectivity index (χ4v) is 8.08. The van der Waals surface area contributed by atoms with E-state index in [4.69, 9.17) is 25.9 Å². The lowest BCUT2D eigenvalue weighted by Crippen LogP contribution is -2.55. The number of nitrogens with zero attached hydrogens (tertiary/aromatic N) is 5. The van der Waals surface area contributed by atoms with Gasteiger partial charge in [0, 0.05) is 68.8 Å². The number of anilines is 1. The van der Waals surface area contributed by atoms with Crippen molar-refractivity contribution in [1.29, 1.82) is 0 Å². The summed E-state index contributed by atoms with van der Waals surface area (Å²) in [6.45, 7) is 7.28. The number of ether oxygens (including phenoxy) is 2. The number of aryl methyl sites for hydroxylation is 1. The van der Waals surface area contributed by atoms with Crippen molar-refractivity contribution in [3.63, 3.8) is 0 Å². The van der Waals surface area contributed by atoms with E-state index in [1.165, 1.54) is 24.3 Å². The Hall–Kier alpha value is -4.32. The fourth-order valence-electron chi connectivity index (χ4n) is 8.08. The summed E-state index contributed by atoms with van der Waals surface area (Å²) in [4.78, 5) is 18.4. The van der Waals surface area contributed by atoms with Gasteiger partial charge in [0.25, 0.3) is 0 Å². The van der Waals surface area contributed by atoms with Crippen LogP contribution in [-0.4, -0.2) is 95.8 Å². The van der Waals surface area contributed by atoms with Gasteiger partial charge in [-0.25, -0.2) is 13.8 Å². The van der Waals surface area contributed by atoms with Gasteiger partial charge in [-0.05, 0) is 62.1 Å². The average molecular weight is 739 g/mol. The van der Waals surface area contributed by atoms with E-state index in [0.717, 1.165) is 20.0 Å². The van der Waals surface area contributed by atoms with Gasteiger partial charge < -0.3 is 29.7 Å². The molecule has 0 radical (unpaired) electrons. The summed E-state index contributed by atoms with van der Waals surface area (Å²) in [5.74, 6) is 1.30. The smallest absolute Gasteiger partial charge is 0.417 e. The molecule has 9 nitrogen and oxygen atoms in total. The fraction of sp³-hybridized carbons (Fsp3) is 0.513. The molecule has 4 aromatic rings. The van der Waals surface area contributed by atoms with E-state index < -0.39 is 23.4 Å². The normalized spacial score (nSPS) is 20.6. The lowest BCUT2D eigenvalue weighted by atomic mass is 9.89. The van der Waals surface area contributed by atoms with Crippen LogP contribution in [0.15, 0.2) is 24.3 Å². The largest absolute Gasteiger partial charge is 0.508 e. The highest BCUT2D eigenvalue weighted by atomic mass is 19.4. The van der Waals surface area contributed by atoms with Gasteiger partial charge >= 0.3 is 12.2 Å². The molecule has 282 valence electrons. The number of phenols is 1. The number of piperidine rings is 1. The number of alkyl halides is 3. The van der Waals surface area contributed by atoms with Gasteiger partial charge in [0.1, 0.15) is 28.6 Å². The molecule has 4 aliphatic rings. The van der Waals surface area contributed by atoms with E-state index in [0.29, 0.717) is 61.3 Å². The predicted octanol–water partition coefficient (Wildman–Crippen LogP) is 6.76. The zero-order valence-corrected chi connectivity index (χ0v) is 30.0. The zero-order valence-electron chi connectivity index (χ0n) is 30.0. The minimum atomic E-state index is -4.44. The molecule has 2 aromatic carbocycles.